The lowest BCUT2D eigenvalue weighted by molar-refractivity contribution is -0.422. The lowest BCUT2D eigenvalue weighted by Crippen LogP contribution is -2.73. The first kappa shape index (κ1) is 58.5. The fraction of sp³-hybridized carbons (Fsp3) is 0.545. The number of benzene rings is 2. The minimum atomic E-state index is -6.07. The van der Waals surface area contributed by atoms with Crippen molar-refractivity contribution in [1.82, 2.24) is 10.2 Å². The molecule has 0 aromatic heterocycles. The summed E-state index contributed by atoms with van der Waals surface area (Å²) in [6, 6.07) is 18.6. The van der Waals surface area contributed by atoms with Gasteiger partial charge in [0.25, 0.3) is 11.8 Å². The highest BCUT2D eigenvalue weighted by molar-refractivity contribution is 9.09. The van der Waals surface area contributed by atoms with Crippen molar-refractivity contribution in [2.75, 3.05) is 25.1 Å². The number of halogens is 13. The Hall–Kier alpha value is -4.64. The van der Waals surface area contributed by atoms with Crippen molar-refractivity contribution in [3.05, 3.63) is 96.1 Å². The molecule has 6 rings (SSSR count). The average Bonchev–Trinajstić information content (AvgIpc) is 3.23. The van der Waals surface area contributed by atoms with Crippen molar-refractivity contribution < 1.29 is 90.8 Å². The summed E-state index contributed by atoms with van der Waals surface area (Å²) in [4.78, 5) is 46.8. The zero-order valence-electron chi connectivity index (χ0n) is 34.2. The van der Waals surface area contributed by atoms with Gasteiger partial charge in [-0.15, -0.1) is 0 Å². The van der Waals surface area contributed by atoms with E-state index < -0.39 is 95.3 Å². The summed E-state index contributed by atoms with van der Waals surface area (Å²) >= 11 is 3.16. The number of hydrogen-bond donors (Lipinski definition) is 1. The van der Waals surface area contributed by atoms with E-state index >= 15 is 0 Å². The summed E-state index contributed by atoms with van der Waals surface area (Å²) < 4.78 is 175. The first-order valence-corrected chi connectivity index (χ1v) is 20.9. The molecule has 376 valence electrons. The number of amides is 2. The topological polar surface area (TPSA) is 120 Å². The molecule has 2 aliphatic heterocycles. The second-order valence-electron chi connectivity index (χ2n) is 15.4. The molecule has 2 saturated heterocycles. The van der Waals surface area contributed by atoms with Gasteiger partial charge >= 0.3 is 48.1 Å². The van der Waals surface area contributed by atoms with E-state index in [2.05, 4.69) is 50.7 Å². The molecule has 0 unspecified atom stereocenters. The smallest absolute Gasteiger partial charge is 0.446 e. The molecule has 4 fully saturated rings. The molecule has 2 aromatic rings. The first-order chi connectivity index (χ1) is 30.1. The highest BCUT2D eigenvalue weighted by Crippen LogP contribution is 2.51. The average molecular weight is 1040 g/mol. The van der Waals surface area contributed by atoms with Gasteiger partial charge < -0.3 is 24.3 Å². The van der Waals surface area contributed by atoms with Gasteiger partial charge in [-0.1, -0.05) is 117 Å². The van der Waals surface area contributed by atoms with Crippen LogP contribution in [0.4, 0.5) is 52.7 Å². The zero-order chi connectivity index (χ0) is 48.7. The Morgan fingerprint density at radius 3 is 1.36 bits per heavy atom. The summed E-state index contributed by atoms with van der Waals surface area (Å²) in [5.41, 5.74) is -10.7. The van der Waals surface area contributed by atoms with E-state index in [0.29, 0.717) is 31.2 Å². The predicted molar refractivity (Wildman–Crippen MR) is 222 cm³/mol. The van der Waals surface area contributed by atoms with Crippen molar-refractivity contribution in [3.8, 4) is 0 Å². The van der Waals surface area contributed by atoms with E-state index in [0.717, 1.165) is 43.0 Å². The highest BCUT2D eigenvalue weighted by Gasteiger charge is 2.79. The standard InChI is InChI=1S/C21H21F6NO4.C14H17BrO2.C7H5F6NO2.2CH4/c1-14-13-31-19(20(22,23)24,21(25,26)27)28(17(14)30)12-16(29)32-18(10-6-3-7-11-18)15-8-4-2-5-9-15;15-11-13(16)17-14(9-5-2-6-10-14)12-7-3-1-4-8-12;1-3-2-16-5(6(8,9)10,7(11,12)13)14-4(3)15;;/h2,4-5,8-9H,1,3,6-7,10-13H2;1,3-4,7-8H,2,5-6,9-11H2;1-2H2,(H,14,15);2*1H4. The Kier molecular flexibility index (Phi) is 19.8. The molecule has 23 heteroatoms. The SMILES string of the molecule is C.C.C=C1COC(C(F)(F)F)(C(F)(F)F)N(CC(=O)OC2(c3ccccc3)CCCCC2)C1=O.C=C1COC(C(F)(F)F)(C(F)(F)F)NC1=O.O=C(CBr)OC1(c2ccccc2)CCCCC1. The van der Waals surface area contributed by atoms with E-state index in [9.17, 15) is 71.9 Å². The van der Waals surface area contributed by atoms with Crippen LogP contribution in [0.15, 0.2) is 85.0 Å². The Bertz CT molecular complexity index is 1990. The van der Waals surface area contributed by atoms with E-state index in [1.54, 1.807) is 30.3 Å². The van der Waals surface area contributed by atoms with Gasteiger partial charge in [-0.05, 0) is 62.5 Å². The van der Waals surface area contributed by atoms with Gasteiger partial charge in [-0.3, -0.25) is 24.1 Å². The molecule has 2 saturated carbocycles. The molecule has 4 aliphatic rings. The van der Waals surface area contributed by atoms with Crippen molar-refractivity contribution in [3.63, 3.8) is 0 Å². The number of rotatable bonds is 7. The van der Waals surface area contributed by atoms with Crippen molar-refractivity contribution in [2.24, 2.45) is 0 Å². The van der Waals surface area contributed by atoms with Crippen LogP contribution in [0.1, 0.15) is 90.2 Å². The van der Waals surface area contributed by atoms with Crippen LogP contribution in [0.25, 0.3) is 0 Å². The van der Waals surface area contributed by atoms with E-state index in [1.165, 1.54) is 6.42 Å². The maximum atomic E-state index is 13.7. The molecular formula is C44H51BrF12N2O8. The summed E-state index contributed by atoms with van der Waals surface area (Å²) in [5, 5.41) is 1.01. The summed E-state index contributed by atoms with van der Waals surface area (Å²) in [6.45, 7) is 2.09. The molecule has 10 nitrogen and oxygen atoms in total. The quantitative estimate of drug-likeness (QED) is 0.126. The number of nitrogens with one attached hydrogen (secondary N) is 1. The second kappa shape index (κ2) is 22.6. The zero-order valence-corrected chi connectivity index (χ0v) is 35.8. The van der Waals surface area contributed by atoms with E-state index in [-0.39, 0.29) is 31.8 Å². The summed E-state index contributed by atoms with van der Waals surface area (Å²) in [7, 11) is 0. The summed E-state index contributed by atoms with van der Waals surface area (Å²) in [5.74, 6) is -4.79. The molecule has 2 aromatic carbocycles. The lowest BCUT2D eigenvalue weighted by atomic mass is 9.79. The Labute approximate surface area is 387 Å². The van der Waals surface area contributed by atoms with Gasteiger partial charge in [0.2, 0.25) is 0 Å². The molecule has 2 aliphatic carbocycles. The molecule has 0 radical (unpaired) electrons. The molecule has 0 atom stereocenters. The first-order valence-electron chi connectivity index (χ1n) is 19.8. The largest absolute Gasteiger partial charge is 0.454 e. The van der Waals surface area contributed by atoms with Crippen molar-refractivity contribution in [1.29, 1.82) is 0 Å². The van der Waals surface area contributed by atoms with Crippen LogP contribution >= 0.6 is 15.9 Å². The number of ether oxygens (including phenoxy) is 4. The monoisotopic (exact) mass is 1040 g/mol. The fourth-order valence-corrected chi connectivity index (χ4v) is 7.86. The molecule has 67 heavy (non-hydrogen) atoms. The molecular weight excluding hydrogens is 992 g/mol. The number of esters is 2. The minimum absolute atomic E-state index is 0. The maximum Gasteiger partial charge on any atom is 0.446 e. The van der Waals surface area contributed by atoms with Gasteiger partial charge in [-0.25, -0.2) is 0 Å². The van der Waals surface area contributed by atoms with Gasteiger partial charge in [0.15, 0.2) is 0 Å². The number of carbonyl (C=O) groups excluding carboxylic acids is 4. The molecule has 0 spiro atoms. The number of hydrogen-bond acceptors (Lipinski definition) is 8. The predicted octanol–water partition coefficient (Wildman–Crippen LogP) is 11.2. The lowest BCUT2D eigenvalue weighted by Gasteiger charge is -2.47. The molecule has 0 bridgehead atoms. The van der Waals surface area contributed by atoms with Gasteiger partial charge in [0.1, 0.15) is 23.1 Å². The van der Waals surface area contributed by atoms with Crippen LogP contribution in [-0.4, -0.2) is 89.9 Å². The number of carbonyl (C=O) groups is 4. The Morgan fingerprint density at radius 2 is 1.00 bits per heavy atom. The van der Waals surface area contributed by atoms with E-state index in [4.69, 9.17) is 9.47 Å². The maximum absolute atomic E-state index is 13.7. The van der Waals surface area contributed by atoms with Crippen molar-refractivity contribution in [2.45, 2.75) is 126 Å². The van der Waals surface area contributed by atoms with E-state index in [1.807, 2.05) is 18.2 Å². The third-order valence-corrected chi connectivity index (χ3v) is 11.4. The molecule has 1 N–H and O–H groups in total. The Morgan fingerprint density at radius 1 is 0.612 bits per heavy atom. The third-order valence-electron chi connectivity index (χ3n) is 11.0. The van der Waals surface area contributed by atoms with Crippen LogP contribution in [-0.2, 0) is 49.3 Å². The normalized spacial score (nSPS) is 20.2. The third kappa shape index (κ3) is 12.7. The van der Waals surface area contributed by atoms with Gasteiger partial charge in [-0.2, -0.15) is 52.7 Å². The molecule has 2 heterocycles. The summed E-state index contributed by atoms with van der Waals surface area (Å²) in [6.07, 6.45) is -15.5. The van der Waals surface area contributed by atoms with Crippen LogP contribution < -0.4 is 5.32 Å². The van der Waals surface area contributed by atoms with Crippen LogP contribution in [0.3, 0.4) is 0 Å². The minimum Gasteiger partial charge on any atom is -0.454 e. The van der Waals surface area contributed by atoms with Gasteiger partial charge in [0, 0.05) is 11.1 Å². The highest BCUT2D eigenvalue weighted by atomic mass is 79.9. The fourth-order valence-electron chi connectivity index (χ4n) is 7.74. The number of nitrogens with zero attached hydrogens (tertiary/aromatic N) is 1. The van der Waals surface area contributed by atoms with Crippen LogP contribution in [0.2, 0.25) is 0 Å². The molecule has 2 amide bonds. The van der Waals surface area contributed by atoms with Crippen LogP contribution in [0.5, 0.6) is 0 Å². The van der Waals surface area contributed by atoms with Crippen molar-refractivity contribution >= 4 is 39.7 Å². The second-order valence-corrected chi connectivity index (χ2v) is 15.9. The van der Waals surface area contributed by atoms with Gasteiger partial charge in [0.05, 0.1) is 13.2 Å². The van der Waals surface area contributed by atoms with Crippen LogP contribution in [0, 0.1) is 0 Å². The number of alkyl halides is 13. The Balaban J connectivity index is 0.000000373.